The fraction of sp³-hybridized carbons (Fsp3) is 1.00. The van der Waals surface area contributed by atoms with Crippen LogP contribution in [0.3, 0.4) is 0 Å². The molecule has 0 aromatic rings. The number of rotatable bonds is 6. The maximum absolute atomic E-state index is 5.77. The predicted octanol–water partition coefficient (Wildman–Crippen LogP) is 2.58. The molecule has 3 atom stereocenters. The van der Waals surface area contributed by atoms with Crippen molar-refractivity contribution in [3.8, 4) is 0 Å². The van der Waals surface area contributed by atoms with Crippen LogP contribution in [0.1, 0.15) is 46.5 Å². The van der Waals surface area contributed by atoms with Crippen LogP contribution in [-0.4, -0.2) is 25.3 Å². The summed E-state index contributed by atoms with van der Waals surface area (Å²) < 4.78 is 5.77. The van der Waals surface area contributed by atoms with E-state index in [1.54, 1.807) is 0 Å². The average molecular weight is 199 g/mol. The number of hydrogen-bond donors (Lipinski definition) is 1. The molecule has 2 nitrogen and oxygen atoms in total. The SMILES string of the molecule is CCCC(C)C(NCC)C1CCCO1. The number of ether oxygens (including phenoxy) is 1. The van der Waals surface area contributed by atoms with Gasteiger partial charge < -0.3 is 10.1 Å². The van der Waals surface area contributed by atoms with Gasteiger partial charge in [0.2, 0.25) is 0 Å². The van der Waals surface area contributed by atoms with Crippen molar-refractivity contribution in [1.29, 1.82) is 0 Å². The number of likely N-dealkylation sites (N-methyl/N-ethyl adjacent to an activating group) is 1. The largest absolute Gasteiger partial charge is 0.377 e. The second-order valence-electron chi connectivity index (χ2n) is 4.40. The molecule has 1 aliphatic rings. The topological polar surface area (TPSA) is 21.3 Å². The monoisotopic (exact) mass is 199 g/mol. The summed E-state index contributed by atoms with van der Waals surface area (Å²) in [5.41, 5.74) is 0. The van der Waals surface area contributed by atoms with Crippen molar-refractivity contribution < 1.29 is 4.74 Å². The molecule has 0 aromatic heterocycles. The first-order valence-electron chi connectivity index (χ1n) is 6.14. The lowest BCUT2D eigenvalue weighted by molar-refractivity contribution is 0.0595. The first-order chi connectivity index (χ1) is 6.79. The summed E-state index contributed by atoms with van der Waals surface area (Å²) in [6.07, 6.45) is 5.53. The van der Waals surface area contributed by atoms with Gasteiger partial charge in [-0.1, -0.05) is 27.2 Å². The van der Waals surface area contributed by atoms with E-state index in [1.165, 1.54) is 25.7 Å². The van der Waals surface area contributed by atoms with Crippen LogP contribution in [0.5, 0.6) is 0 Å². The van der Waals surface area contributed by atoms with E-state index in [-0.39, 0.29) is 0 Å². The predicted molar refractivity (Wildman–Crippen MR) is 60.5 cm³/mol. The normalized spacial score (nSPS) is 26.4. The summed E-state index contributed by atoms with van der Waals surface area (Å²) in [5.74, 6) is 0.739. The zero-order chi connectivity index (χ0) is 10.4. The standard InChI is InChI=1S/C12H25NO/c1-4-7-10(3)12(13-5-2)11-8-6-9-14-11/h10-13H,4-9H2,1-3H3. The van der Waals surface area contributed by atoms with Gasteiger partial charge in [0, 0.05) is 12.6 Å². The molecular weight excluding hydrogens is 174 g/mol. The van der Waals surface area contributed by atoms with Crippen molar-refractivity contribution in [3.63, 3.8) is 0 Å². The van der Waals surface area contributed by atoms with E-state index in [1.807, 2.05) is 0 Å². The third kappa shape index (κ3) is 3.25. The zero-order valence-corrected chi connectivity index (χ0v) is 9.88. The highest BCUT2D eigenvalue weighted by Gasteiger charge is 2.28. The minimum Gasteiger partial charge on any atom is -0.377 e. The summed E-state index contributed by atoms with van der Waals surface area (Å²) in [5, 5.41) is 3.58. The summed E-state index contributed by atoms with van der Waals surface area (Å²) in [6.45, 7) is 8.80. The van der Waals surface area contributed by atoms with E-state index in [4.69, 9.17) is 4.74 Å². The van der Waals surface area contributed by atoms with Gasteiger partial charge in [0.05, 0.1) is 6.10 Å². The maximum atomic E-state index is 5.77. The number of hydrogen-bond acceptors (Lipinski definition) is 2. The lowest BCUT2D eigenvalue weighted by Gasteiger charge is -2.29. The Bertz CT molecular complexity index is 143. The van der Waals surface area contributed by atoms with E-state index in [0.717, 1.165) is 19.1 Å². The highest BCUT2D eigenvalue weighted by molar-refractivity contribution is 4.84. The highest BCUT2D eigenvalue weighted by Crippen LogP contribution is 2.23. The summed E-state index contributed by atoms with van der Waals surface area (Å²) >= 11 is 0. The van der Waals surface area contributed by atoms with Crippen molar-refractivity contribution in [2.45, 2.75) is 58.6 Å². The Hall–Kier alpha value is -0.0800. The van der Waals surface area contributed by atoms with Crippen molar-refractivity contribution in [3.05, 3.63) is 0 Å². The van der Waals surface area contributed by atoms with E-state index < -0.39 is 0 Å². The van der Waals surface area contributed by atoms with Gasteiger partial charge in [-0.3, -0.25) is 0 Å². The first-order valence-corrected chi connectivity index (χ1v) is 6.14. The van der Waals surface area contributed by atoms with Crippen LogP contribution in [0.4, 0.5) is 0 Å². The van der Waals surface area contributed by atoms with Gasteiger partial charge >= 0.3 is 0 Å². The lowest BCUT2D eigenvalue weighted by Crippen LogP contribution is -2.44. The molecule has 0 bridgehead atoms. The van der Waals surface area contributed by atoms with E-state index in [2.05, 4.69) is 26.1 Å². The van der Waals surface area contributed by atoms with Gasteiger partial charge in [-0.2, -0.15) is 0 Å². The Kier molecular flexibility index (Phi) is 5.49. The van der Waals surface area contributed by atoms with Crippen molar-refractivity contribution in [1.82, 2.24) is 5.32 Å². The molecule has 0 saturated carbocycles. The second-order valence-corrected chi connectivity index (χ2v) is 4.40. The zero-order valence-electron chi connectivity index (χ0n) is 9.88. The fourth-order valence-electron chi connectivity index (χ4n) is 2.46. The first kappa shape index (κ1) is 12.0. The minimum atomic E-state index is 0.469. The molecule has 1 N–H and O–H groups in total. The second kappa shape index (κ2) is 6.41. The Morgan fingerprint density at radius 2 is 2.21 bits per heavy atom. The molecule has 1 rings (SSSR count). The summed E-state index contributed by atoms with van der Waals surface area (Å²) in [6, 6.07) is 0.572. The molecule has 1 fully saturated rings. The maximum Gasteiger partial charge on any atom is 0.0731 e. The van der Waals surface area contributed by atoms with Crippen molar-refractivity contribution >= 4 is 0 Å². The minimum absolute atomic E-state index is 0.469. The van der Waals surface area contributed by atoms with Crippen LogP contribution in [0.25, 0.3) is 0 Å². The van der Waals surface area contributed by atoms with Gasteiger partial charge in [-0.15, -0.1) is 0 Å². The van der Waals surface area contributed by atoms with Crippen LogP contribution in [0.15, 0.2) is 0 Å². The molecule has 14 heavy (non-hydrogen) atoms. The molecule has 2 heteroatoms. The van der Waals surface area contributed by atoms with E-state index in [0.29, 0.717) is 12.1 Å². The molecule has 0 radical (unpaired) electrons. The third-order valence-electron chi connectivity index (χ3n) is 3.16. The van der Waals surface area contributed by atoms with Gasteiger partial charge in [-0.25, -0.2) is 0 Å². The molecule has 1 aliphatic heterocycles. The van der Waals surface area contributed by atoms with Gasteiger partial charge in [0.1, 0.15) is 0 Å². The summed E-state index contributed by atoms with van der Waals surface area (Å²) in [4.78, 5) is 0. The van der Waals surface area contributed by atoms with Crippen LogP contribution in [-0.2, 0) is 4.74 Å². The molecular formula is C12H25NO. The van der Waals surface area contributed by atoms with Crippen LogP contribution in [0.2, 0.25) is 0 Å². The third-order valence-corrected chi connectivity index (χ3v) is 3.16. The van der Waals surface area contributed by atoms with E-state index >= 15 is 0 Å². The van der Waals surface area contributed by atoms with E-state index in [9.17, 15) is 0 Å². The summed E-state index contributed by atoms with van der Waals surface area (Å²) in [7, 11) is 0. The molecule has 1 saturated heterocycles. The Morgan fingerprint density at radius 3 is 2.71 bits per heavy atom. The van der Waals surface area contributed by atoms with Gasteiger partial charge in [0.25, 0.3) is 0 Å². The van der Waals surface area contributed by atoms with Crippen LogP contribution < -0.4 is 5.32 Å². The molecule has 0 amide bonds. The molecule has 1 heterocycles. The molecule has 0 spiro atoms. The number of nitrogens with one attached hydrogen (secondary N) is 1. The van der Waals surface area contributed by atoms with Crippen molar-refractivity contribution in [2.24, 2.45) is 5.92 Å². The smallest absolute Gasteiger partial charge is 0.0731 e. The average Bonchev–Trinajstić information content (AvgIpc) is 2.67. The van der Waals surface area contributed by atoms with Crippen LogP contribution >= 0.6 is 0 Å². The van der Waals surface area contributed by atoms with Gasteiger partial charge in [-0.05, 0) is 31.7 Å². The Labute approximate surface area is 88.4 Å². The lowest BCUT2D eigenvalue weighted by atomic mass is 9.91. The molecule has 3 unspecified atom stereocenters. The van der Waals surface area contributed by atoms with Crippen molar-refractivity contribution in [2.75, 3.05) is 13.2 Å². The Morgan fingerprint density at radius 1 is 1.43 bits per heavy atom. The highest BCUT2D eigenvalue weighted by atomic mass is 16.5. The molecule has 0 aromatic carbocycles. The van der Waals surface area contributed by atoms with Crippen LogP contribution in [0, 0.1) is 5.92 Å². The quantitative estimate of drug-likeness (QED) is 0.710. The van der Waals surface area contributed by atoms with Gasteiger partial charge in [0.15, 0.2) is 0 Å². The Balaban J connectivity index is 2.43. The molecule has 84 valence electrons. The fourth-order valence-corrected chi connectivity index (χ4v) is 2.46. The molecule has 0 aliphatic carbocycles.